The Labute approximate surface area is 177 Å². The molecule has 1 aromatic carbocycles. The molecule has 0 aliphatic heterocycles. The first kappa shape index (κ1) is 20.8. The number of rotatable bonds is 6. The van der Waals surface area contributed by atoms with Gasteiger partial charge < -0.3 is 25.9 Å². The highest BCUT2D eigenvalue weighted by Gasteiger charge is 2.32. The number of aliphatic hydroxyl groups is 1. The minimum absolute atomic E-state index is 0.0659. The van der Waals surface area contributed by atoms with Gasteiger partial charge in [-0.25, -0.2) is 9.37 Å². The molecule has 1 saturated carbocycles. The molecule has 8 nitrogen and oxygen atoms in total. The van der Waals surface area contributed by atoms with Gasteiger partial charge in [0.25, 0.3) is 0 Å². The molecule has 31 heavy (non-hydrogen) atoms. The van der Waals surface area contributed by atoms with Crippen LogP contribution in [0.1, 0.15) is 37.2 Å². The fraction of sp³-hybridized carbons (Fsp3) is 0.318. The molecule has 0 radical (unpaired) electrons. The smallest absolute Gasteiger partial charge is 0.237 e. The van der Waals surface area contributed by atoms with E-state index in [0.29, 0.717) is 29.6 Å². The second kappa shape index (κ2) is 8.73. The number of hydrogen-bond acceptors (Lipinski definition) is 5. The van der Waals surface area contributed by atoms with E-state index in [1.54, 1.807) is 18.3 Å². The van der Waals surface area contributed by atoms with Crippen molar-refractivity contribution in [3.8, 4) is 11.5 Å². The van der Waals surface area contributed by atoms with Crippen LogP contribution in [0.25, 0.3) is 11.0 Å². The summed E-state index contributed by atoms with van der Waals surface area (Å²) in [5.41, 5.74) is 6.16. The summed E-state index contributed by atoms with van der Waals surface area (Å²) in [5, 5.41) is 13.4. The van der Waals surface area contributed by atoms with Crippen molar-refractivity contribution in [2.45, 2.75) is 43.7 Å². The molecule has 5 N–H and O–H groups in total. The second-order valence-corrected chi connectivity index (χ2v) is 7.64. The number of ether oxygens (including phenoxy) is 1. The minimum atomic E-state index is -1.38. The number of fused-ring (bicyclic) bond motifs is 1. The molecule has 2 amide bonds. The number of aromatic amines is 1. The molecule has 1 aliphatic rings. The minimum Gasteiger partial charge on any atom is -0.453 e. The van der Waals surface area contributed by atoms with Crippen LogP contribution in [0.15, 0.2) is 42.7 Å². The standard InChI is InChI=1S/C22H23FN4O4/c23-14-11-12(19(20(24)29)22(30)27-15-3-1-2-4-16(15)28)5-6-18(14)31-17-8-10-26-21-13(17)7-9-25-21/h5-11,15-16,19,28H,1-4H2,(H2,24,29)(H,25,26)(H,27,30)/t15-,16+,19?/m0/s1. The Balaban J connectivity index is 1.55. The van der Waals surface area contributed by atoms with Gasteiger partial charge >= 0.3 is 0 Å². The van der Waals surface area contributed by atoms with Gasteiger partial charge in [0.05, 0.1) is 17.5 Å². The highest BCUT2D eigenvalue weighted by Crippen LogP contribution is 2.31. The number of carbonyl (C=O) groups excluding carboxylic acids is 2. The molecule has 4 rings (SSSR count). The number of carbonyl (C=O) groups is 2. The van der Waals surface area contributed by atoms with Gasteiger partial charge in [-0.05, 0) is 42.7 Å². The van der Waals surface area contributed by atoms with Gasteiger partial charge in [0.2, 0.25) is 11.8 Å². The molecule has 2 aromatic heterocycles. The van der Waals surface area contributed by atoms with Crippen LogP contribution in [0.2, 0.25) is 0 Å². The number of pyridine rings is 1. The van der Waals surface area contributed by atoms with Crippen molar-refractivity contribution in [2.24, 2.45) is 5.73 Å². The van der Waals surface area contributed by atoms with E-state index in [0.717, 1.165) is 18.9 Å². The quantitative estimate of drug-likeness (QED) is 0.450. The van der Waals surface area contributed by atoms with E-state index >= 15 is 0 Å². The number of amides is 2. The normalized spacial score (nSPS) is 19.7. The van der Waals surface area contributed by atoms with Crippen LogP contribution in [0, 0.1) is 5.82 Å². The molecule has 1 fully saturated rings. The molecular weight excluding hydrogens is 403 g/mol. The lowest BCUT2D eigenvalue weighted by Gasteiger charge is -2.29. The maximum absolute atomic E-state index is 14.8. The van der Waals surface area contributed by atoms with Gasteiger partial charge in [-0.2, -0.15) is 0 Å². The molecule has 0 bridgehead atoms. The summed E-state index contributed by atoms with van der Waals surface area (Å²) >= 11 is 0. The summed E-state index contributed by atoms with van der Waals surface area (Å²) in [6.07, 6.45) is 5.50. The first-order valence-electron chi connectivity index (χ1n) is 10.1. The van der Waals surface area contributed by atoms with E-state index in [-0.39, 0.29) is 11.3 Å². The van der Waals surface area contributed by atoms with Crippen molar-refractivity contribution >= 4 is 22.8 Å². The van der Waals surface area contributed by atoms with E-state index in [1.165, 1.54) is 18.3 Å². The Kier molecular flexibility index (Phi) is 5.85. The number of hydrogen-bond donors (Lipinski definition) is 4. The zero-order chi connectivity index (χ0) is 22.0. The van der Waals surface area contributed by atoms with Crippen molar-refractivity contribution in [3.63, 3.8) is 0 Å². The monoisotopic (exact) mass is 426 g/mol. The maximum atomic E-state index is 14.8. The molecule has 9 heteroatoms. The van der Waals surface area contributed by atoms with E-state index in [2.05, 4.69) is 15.3 Å². The van der Waals surface area contributed by atoms with Crippen molar-refractivity contribution in [2.75, 3.05) is 0 Å². The third-order valence-corrected chi connectivity index (χ3v) is 5.53. The van der Waals surface area contributed by atoms with Crippen molar-refractivity contribution in [3.05, 3.63) is 54.1 Å². The maximum Gasteiger partial charge on any atom is 0.237 e. The van der Waals surface area contributed by atoms with Gasteiger partial charge in [-0.15, -0.1) is 0 Å². The fourth-order valence-corrected chi connectivity index (χ4v) is 3.91. The Morgan fingerprint density at radius 2 is 2.03 bits per heavy atom. The average molecular weight is 426 g/mol. The van der Waals surface area contributed by atoms with Gasteiger partial charge in [0.15, 0.2) is 11.6 Å². The van der Waals surface area contributed by atoms with E-state index in [1.807, 2.05) is 0 Å². The Morgan fingerprint density at radius 3 is 2.77 bits per heavy atom. The van der Waals surface area contributed by atoms with Crippen LogP contribution in [0.5, 0.6) is 11.5 Å². The van der Waals surface area contributed by atoms with E-state index in [9.17, 15) is 19.1 Å². The lowest BCUT2D eigenvalue weighted by atomic mass is 9.91. The lowest BCUT2D eigenvalue weighted by molar-refractivity contribution is -0.131. The highest BCUT2D eigenvalue weighted by molar-refractivity contribution is 6.05. The number of H-pyrrole nitrogens is 1. The summed E-state index contributed by atoms with van der Waals surface area (Å²) in [6, 6.07) is 6.76. The molecule has 0 spiro atoms. The molecular formula is C22H23FN4O4. The summed E-state index contributed by atoms with van der Waals surface area (Å²) in [5.74, 6) is -3.34. The summed E-state index contributed by atoms with van der Waals surface area (Å²) < 4.78 is 20.5. The second-order valence-electron chi connectivity index (χ2n) is 7.64. The Bertz CT molecular complexity index is 1120. The molecule has 0 saturated heterocycles. The summed E-state index contributed by atoms with van der Waals surface area (Å²) in [7, 11) is 0. The van der Waals surface area contributed by atoms with E-state index < -0.39 is 35.7 Å². The highest BCUT2D eigenvalue weighted by atomic mass is 19.1. The number of nitrogens with one attached hydrogen (secondary N) is 2. The largest absolute Gasteiger partial charge is 0.453 e. The number of primary amides is 1. The molecule has 1 unspecified atom stereocenters. The molecule has 2 heterocycles. The van der Waals surface area contributed by atoms with Crippen molar-refractivity contribution in [1.82, 2.24) is 15.3 Å². The third kappa shape index (κ3) is 4.36. The zero-order valence-corrected chi connectivity index (χ0v) is 16.7. The van der Waals surface area contributed by atoms with Crippen LogP contribution in [-0.4, -0.2) is 39.0 Å². The zero-order valence-electron chi connectivity index (χ0n) is 16.7. The fourth-order valence-electron chi connectivity index (χ4n) is 3.91. The van der Waals surface area contributed by atoms with Crippen LogP contribution in [0.3, 0.4) is 0 Å². The first-order valence-corrected chi connectivity index (χ1v) is 10.1. The SMILES string of the molecule is NC(=O)C(C(=O)N[C@H]1CCCC[C@H]1O)c1ccc(Oc2ccnc3[nH]ccc23)c(F)c1. The Morgan fingerprint density at radius 1 is 1.23 bits per heavy atom. The van der Waals surface area contributed by atoms with Gasteiger partial charge in [0.1, 0.15) is 17.3 Å². The molecule has 162 valence electrons. The number of aromatic nitrogens is 2. The Hall–Kier alpha value is -3.46. The van der Waals surface area contributed by atoms with Gasteiger partial charge in [-0.1, -0.05) is 18.9 Å². The number of nitrogens with two attached hydrogens (primary N) is 1. The molecule has 3 aromatic rings. The van der Waals surface area contributed by atoms with Crippen LogP contribution < -0.4 is 15.8 Å². The van der Waals surface area contributed by atoms with Gasteiger partial charge in [-0.3, -0.25) is 9.59 Å². The van der Waals surface area contributed by atoms with Crippen LogP contribution >= 0.6 is 0 Å². The van der Waals surface area contributed by atoms with Crippen molar-refractivity contribution in [1.29, 1.82) is 0 Å². The number of nitrogens with zero attached hydrogens (tertiary/aromatic N) is 1. The van der Waals surface area contributed by atoms with Crippen LogP contribution in [0.4, 0.5) is 4.39 Å². The lowest BCUT2D eigenvalue weighted by Crippen LogP contribution is -2.48. The average Bonchev–Trinajstić information content (AvgIpc) is 3.21. The number of benzene rings is 1. The predicted octanol–water partition coefficient (Wildman–Crippen LogP) is 2.48. The number of halogens is 1. The first-order chi connectivity index (χ1) is 14.9. The van der Waals surface area contributed by atoms with Gasteiger partial charge in [0, 0.05) is 12.4 Å². The van der Waals surface area contributed by atoms with Crippen molar-refractivity contribution < 1.29 is 23.8 Å². The summed E-state index contributed by atoms with van der Waals surface area (Å²) in [6.45, 7) is 0. The third-order valence-electron chi connectivity index (χ3n) is 5.53. The molecule has 1 aliphatic carbocycles. The van der Waals surface area contributed by atoms with E-state index in [4.69, 9.17) is 10.5 Å². The predicted molar refractivity (Wildman–Crippen MR) is 111 cm³/mol. The molecule has 3 atom stereocenters. The van der Waals surface area contributed by atoms with Crippen LogP contribution in [-0.2, 0) is 9.59 Å². The topological polar surface area (TPSA) is 130 Å². The summed E-state index contributed by atoms with van der Waals surface area (Å²) in [4.78, 5) is 31.8. The number of aliphatic hydroxyl groups excluding tert-OH is 1.